The summed E-state index contributed by atoms with van der Waals surface area (Å²) in [5.41, 5.74) is 1.97. The highest BCUT2D eigenvalue weighted by molar-refractivity contribution is 7.99. The number of H-pyrrole nitrogens is 1. The minimum Gasteiger partial charge on any atom is -0.493 e. The van der Waals surface area contributed by atoms with E-state index in [4.69, 9.17) is 19.7 Å². The standard InChI is InChI=1S/C19H17N5O5S/c1-27-14-6-4-11(8-16(14)28-2)17-22-23-18(24(17)20)30-9-13(25)10-3-5-12-15(7-10)29-19(26)21-12/h3-8H,9,20H2,1-2H3,(H,21,26). The van der Waals surface area contributed by atoms with Crippen LogP contribution in [0.2, 0.25) is 0 Å². The fourth-order valence-corrected chi connectivity index (χ4v) is 3.63. The second-order valence-electron chi connectivity index (χ2n) is 6.18. The molecule has 0 bridgehead atoms. The summed E-state index contributed by atoms with van der Waals surface area (Å²) < 4.78 is 16.8. The molecule has 4 rings (SSSR count). The number of fused-ring (bicyclic) bond motifs is 1. The monoisotopic (exact) mass is 427 g/mol. The van der Waals surface area contributed by atoms with E-state index in [2.05, 4.69) is 15.2 Å². The van der Waals surface area contributed by atoms with Crippen LogP contribution in [0.4, 0.5) is 0 Å². The average Bonchev–Trinajstić information content (AvgIpc) is 3.32. The predicted octanol–water partition coefficient (Wildman–Crippen LogP) is 2.09. The van der Waals surface area contributed by atoms with Gasteiger partial charge in [-0.05, 0) is 36.4 Å². The molecule has 0 atom stereocenters. The number of rotatable bonds is 7. The Hall–Kier alpha value is -3.73. The van der Waals surface area contributed by atoms with Crippen molar-refractivity contribution in [2.75, 3.05) is 25.8 Å². The van der Waals surface area contributed by atoms with Crippen molar-refractivity contribution in [2.24, 2.45) is 0 Å². The van der Waals surface area contributed by atoms with Crippen LogP contribution in [0, 0.1) is 0 Å². The van der Waals surface area contributed by atoms with Gasteiger partial charge in [-0.2, -0.15) is 0 Å². The number of ether oxygens (including phenoxy) is 2. The molecule has 30 heavy (non-hydrogen) atoms. The number of Topliss-reactive ketones (excluding diaryl/α,β-unsaturated/α-hetero) is 1. The highest BCUT2D eigenvalue weighted by Gasteiger charge is 2.17. The molecule has 2 aromatic heterocycles. The van der Waals surface area contributed by atoms with Gasteiger partial charge < -0.3 is 19.7 Å². The van der Waals surface area contributed by atoms with Gasteiger partial charge in [0.2, 0.25) is 5.16 Å². The van der Waals surface area contributed by atoms with E-state index in [1.807, 2.05) is 0 Å². The largest absolute Gasteiger partial charge is 0.493 e. The number of carbonyl (C=O) groups excluding carboxylic acids is 1. The van der Waals surface area contributed by atoms with Crippen molar-refractivity contribution in [3.8, 4) is 22.9 Å². The summed E-state index contributed by atoms with van der Waals surface area (Å²) in [6, 6.07) is 10.0. The van der Waals surface area contributed by atoms with E-state index in [9.17, 15) is 9.59 Å². The molecule has 10 nitrogen and oxygen atoms in total. The van der Waals surface area contributed by atoms with Crippen molar-refractivity contribution in [1.82, 2.24) is 19.9 Å². The van der Waals surface area contributed by atoms with Crippen LogP contribution in [0.15, 0.2) is 50.8 Å². The number of ketones is 1. The lowest BCUT2D eigenvalue weighted by atomic mass is 10.1. The maximum Gasteiger partial charge on any atom is 0.417 e. The summed E-state index contributed by atoms with van der Waals surface area (Å²) in [7, 11) is 3.09. The fraction of sp³-hybridized carbons (Fsp3) is 0.158. The minimum absolute atomic E-state index is 0.0848. The van der Waals surface area contributed by atoms with Crippen molar-refractivity contribution in [3.05, 3.63) is 52.5 Å². The predicted molar refractivity (Wildman–Crippen MR) is 111 cm³/mol. The summed E-state index contributed by atoms with van der Waals surface area (Å²) in [4.78, 5) is 26.3. The maximum atomic E-state index is 12.5. The summed E-state index contributed by atoms with van der Waals surface area (Å²) in [6.07, 6.45) is 0. The van der Waals surface area contributed by atoms with Gasteiger partial charge in [0.15, 0.2) is 28.7 Å². The molecule has 11 heteroatoms. The van der Waals surface area contributed by atoms with Crippen LogP contribution >= 0.6 is 11.8 Å². The van der Waals surface area contributed by atoms with Crippen molar-refractivity contribution < 1.29 is 18.7 Å². The zero-order chi connectivity index (χ0) is 21.3. The lowest BCUT2D eigenvalue weighted by Crippen LogP contribution is -2.12. The minimum atomic E-state index is -0.567. The number of nitrogens with two attached hydrogens (primary N) is 1. The Morgan fingerprint density at radius 2 is 1.97 bits per heavy atom. The van der Waals surface area contributed by atoms with E-state index in [1.165, 1.54) is 17.9 Å². The Bertz CT molecular complexity index is 1290. The van der Waals surface area contributed by atoms with Crippen LogP contribution < -0.4 is 21.1 Å². The molecular weight excluding hydrogens is 410 g/mol. The molecule has 0 radical (unpaired) electrons. The molecule has 0 saturated heterocycles. The zero-order valence-electron chi connectivity index (χ0n) is 16.0. The zero-order valence-corrected chi connectivity index (χ0v) is 16.9. The summed E-state index contributed by atoms with van der Waals surface area (Å²) in [6.45, 7) is 0. The van der Waals surface area contributed by atoms with Crippen LogP contribution in [-0.4, -0.2) is 45.6 Å². The number of hydrogen-bond acceptors (Lipinski definition) is 9. The highest BCUT2D eigenvalue weighted by Crippen LogP contribution is 2.32. The summed E-state index contributed by atoms with van der Waals surface area (Å²) in [5, 5.41) is 8.56. The van der Waals surface area contributed by atoms with Crippen molar-refractivity contribution in [1.29, 1.82) is 0 Å². The number of thioether (sulfide) groups is 1. The number of oxazole rings is 1. The Kier molecular flexibility index (Phi) is 5.19. The smallest absolute Gasteiger partial charge is 0.417 e. The first-order chi connectivity index (χ1) is 14.5. The van der Waals surface area contributed by atoms with E-state index in [0.29, 0.717) is 44.7 Å². The number of aromatic nitrogens is 4. The van der Waals surface area contributed by atoms with E-state index in [-0.39, 0.29) is 11.5 Å². The lowest BCUT2D eigenvalue weighted by molar-refractivity contribution is 0.102. The van der Waals surface area contributed by atoms with Crippen LogP contribution in [0.5, 0.6) is 11.5 Å². The lowest BCUT2D eigenvalue weighted by Gasteiger charge is -2.09. The average molecular weight is 427 g/mol. The Morgan fingerprint density at radius 1 is 1.17 bits per heavy atom. The molecule has 154 valence electrons. The summed E-state index contributed by atoms with van der Waals surface area (Å²) >= 11 is 1.15. The van der Waals surface area contributed by atoms with Gasteiger partial charge in [0, 0.05) is 11.1 Å². The number of benzene rings is 2. The quantitative estimate of drug-likeness (QED) is 0.258. The third-order valence-corrected chi connectivity index (χ3v) is 5.32. The first kappa shape index (κ1) is 19.6. The molecular formula is C19H17N5O5S. The van der Waals surface area contributed by atoms with Crippen molar-refractivity contribution in [2.45, 2.75) is 5.16 Å². The van der Waals surface area contributed by atoms with Gasteiger partial charge in [0.1, 0.15) is 0 Å². The molecule has 0 aliphatic heterocycles. The van der Waals surface area contributed by atoms with Gasteiger partial charge in [-0.1, -0.05) is 11.8 Å². The third kappa shape index (κ3) is 3.62. The Labute approximate surface area is 174 Å². The molecule has 0 amide bonds. The van der Waals surface area contributed by atoms with Gasteiger partial charge in [0.05, 0.1) is 25.5 Å². The first-order valence-electron chi connectivity index (χ1n) is 8.72. The maximum absolute atomic E-state index is 12.5. The highest BCUT2D eigenvalue weighted by atomic mass is 32.2. The molecule has 0 aliphatic rings. The number of methoxy groups -OCH3 is 2. The number of nitrogens with zero attached hydrogens (tertiary/aromatic N) is 3. The van der Waals surface area contributed by atoms with Crippen molar-refractivity contribution in [3.63, 3.8) is 0 Å². The molecule has 3 N–H and O–H groups in total. The van der Waals surface area contributed by atoms with Crippen LogP contribution in [0.3, 0.4) is 0 Å². The van der Waals surface area contributed by atoms with Gasteiger partial charge in [-0.25, -0.2) is 9.47 Å². The molecule has 0 unspecified atom stereocenters. The van der Waals surface area contributed by atoms with Crippen LogP contribution in [0.25, 0.3) is 22.5 Å². The number of nitrogens with one attached hydrogen (secondary N) is 1. The van der Waals surface area contributed by atoms with E-state index >= 15 is 0 Å². The van der Waals surface area contributed by atoms with Crippen LogP contribution in [-0.2, 0) is 0 Å². The van der Waals surface area contributed by atoms with E-state index in [0.717, 1.165) is 11.8 Å². The Balaban J connectivity index is 1.51. The number of nitrogen functional groups attached to an aromatic ring is 1. The van der Waals surface area contributed by atoms with Gasteiger partial charge >= 0.3 is 5.76 Å². The summed E-state index contributed by atoms with van der Waals surface area (Å²) in [5.74, 6) is 7.02. The molecule has 0 spiro atoms. The molecule has 2 heterocycles. The molecule has 2 aromatic carbocycles. The van der Waals surface area contributed by atoms with Crippen molar-refractivity contribution >= 4 is 28.6 Å². The van der Waals surface area contributed by atoms with Gasteiger partial charge in [-0.3, -0.25) is 9.78 Å². The number of carbonyl (C=O) groups is 1. The third-order valence-electron chi connectivity index (χ3n) is 4.38. The number of aromatic amines is 1. The second-order valence-corrected chi connectivity index (χ2v) is 7.13. The second kappa shape index (κ2) is 7.95. The molecule has 0 aliphatic carbocycles. The van der Waals surface area contributed by atoms with Gasteiger partial charge in [-0.15, -0.1) is 10.2 Å². The van der Waals surface area contributed by atoms with E-state index < -0.39 is 5.76 Å². The van der Waals surface area contributed by atoms with Gasteiger partial charge in [0.25, 0.3) is 0 Å². The first-order valence-corrected chi connectivity index (χ1v) is 9.70. The SMILES string of the molecule is COc1ccc(-c2nnc(SCC(=O)c3ccc4[nH]c(=O)oc4c3)n2N)cc1OC. The fourth-order valence-electron chi connectivity index (χ4n) is 2.88. The normalized spacial score (nSPS) is 11.0. The Morgan fingerprint density at radius 3 is 2.73 bits per heavy atom. The number of hydrogen-bond donors (Lipinski definition) is 2. The van der Waals surface area contributed by atoms with E-state index in [1.54, 1.807) is 37.4 Å². The molecule has 4 aromatic rings. The topological polar surface area (TPSA) is 138 Å². The molecule has 0 fully saturated rings. The van der Waals surface area contributed by atoms with Crippen LogP contribution in [0.1, 0.15) is 10.4 Å². The molecule has 0 saturated carbocycles.